The Hall–Kier alpha value is -6.39. The number of rotatable bonds is 2. The van der Waals surface area contributed by atoms with Crippen LogP contribution in [0.4, 0.5) is 0 Å². The third kappa shape index (κ3) is 16.1. The molecule has 9 aromatic carbocycles. The number of hydrogen-bond donors (Lipinski definition) is 8. The smallest absolute Gasteiger partial charge is 0.139 e. The van der Waals surface area contributed by atoms with Gasteiger partial charge in [-0.3, -0.25) is 0 Å². The summed E-state index contributed by atoms with van der Waals surface area (Å²) in [5.74, 6) is 13.0. The number of phenolic OH excluding ortho intramolecular Hbond substituents is 4. The van der Waals surface area contributed by atoms with E-state index in [1.807, 2.05) is 146 Å². The van der Waals surface area contributed by atoms with Gasteiger partial charge in [0.2, 0.25) is 0 Å². The van der Waals surface area contributed by atoms with Crippen molar-refractivity contribution in [1.82, 2.24) is 0 Å². The van der Waals surface area contributed by atoms with Crippen molar-refractivity contribution in [2.45, 2.75) is 79.8 Å². The number of phenols is 4. The Kier molecular flexibility index (Phi) is 23.8. The van der Waals surface area contributed by atoms with Crippen LogP contribution in [-0.2, 0) is 43.4 Å². The second-order valence-corrected chi connectivity index (χ2v) is 17.5. The van der Waals surface area contributed by atoms with Gasteiger partial charge in [-0.05, 0) is 135 Å². The molecule has 9 rings (SSSR count). The molecule has 0 saturated carbocycles. The summed E-state index contributed by atoms with van der Waals surface area (Å²) in [6.07, 6.45) is -0.667. The Labute approximate surface area is 453 Å². The van der Waals surface area contributed by atoms with Gasteiger partial charge in [-0.2, -0.15) is 0 Å². The van der Waals surface area contributed by atoms with Gasteiger partial charge in [0.15, 0.2) is 0 Å². The fourth-order valence-electron chi connectivity index (χ4n) is 7.39. The largest absolute Gasteiger partial charge is 0.507 e. The molecule has 10 heteroatoms. The zero-order valence-corrected chi connectivity index (χ0v) is 45.0. The van der Waals surface area contributed by atoms with Crippen molar-refractivity contribution in [3.63, 3.8) is 0 Å². The third-order valence-corrected chi connectivity index (χ3v) is 9.95. The van der Waals surface area contributed by atoms with Crippen LogP contribution >= 0.6 is 0 Å². The Morgan fingerprint density at radius 2 is 0.528 bits per heavy atom. The van der Waals surface area contributed by atoms with Crippen molar-refractivity contribution in [2.75, 3.05) is 0 Å². The summed E-state index contributed by atoms with van der Waals surface area (Å²) >= 11 is 0. The fraction of sp³-hybridized carbons (Fsp3) is 0.194. The molecule has 0 aliphatic heterocycles. The van der Waals surface area contributed by atoms with Gasteiger partial charge in [0.1, 0.15) is 23.0 Å². The first-order valence-corrected chi connectivity index (χ1v) is 23.2. The van der Waals surface area contributed by atoms with Crippen LogP contribution in [0.5, 0.6) is 23.0 Å². The summed E-state index contributed by atoms with van der Waals surface area (Å²) in [4.78, 5) is 0. The summed E-state index contributed by atoms with van der Waals surface area (Å²) in [6, 6.07) is 49.3. The molecule has 0 fully saturated rings. The molecule has 0 unspecified atom stereocenters. The average molecular weight is 1030 g/mol. The fourth-order valence-corrected chi connectivity index (χ4v) is 7.39. The first-order valence-electron chi connectivity index (χ1n) is 23.2. The van der Waals surface area contributed by atoms with Crippen LogP contribution in [-0.4, -0.2) is 65.3 Å². The van der Waals surface area contributed by atoms with E-state index in [0.29, 0.717) is 44.5 Å². The SMILES string of the molecule is CC(C)O.CC(C)O.CC(C)O.CC(C)O.Oc1ccc2ccccc2c1-c1c(O)c(C#Cc2ccccc2C#Cc2cc3ccccc3c(-c3c(O)ccc4ccccc34)c2O)cc2ccccc12.[Ti].[Ti]. The summed E-state index contributed by atoms with van der Waals surface area (Å²) in [7, 11) is 0. The molecule has 0 spiro atoms. The van der Waals surface area contributed by atoms with E-state index in [1.165, 1.54) is 0 Å². The molecule has 0 aromatic heterocycles. The molecule has 0 bridgehead atoms. The number of aromatic hydroxyl groups is 4. The van der Waals surface area contributed by atoms with Gasteiger partial charge in [-0.15, -0.1) is 0 Å². The van der Waals surface area contributed by atoms with E-state index in [9.17, 15) is 20.4 Å². The minimum Gasteiger partial charge on any atom is -0.507 e. The molecule has 0 amide bonds. The maximum absolute atomic E-state index is 11.9. The van der Waals surface area contributed by atoms with Gasteiger partial charge in [0.05, 0.1) is 11.1 Å². The normalized spacial score (nSPS) is 10.2. The van der Waals surface area contributed by atoms with Crippen LogP contribution in [0.25, 0.3) is 65.3 Å². The summed E-state index contributed by atoms with van der Waals surface area (Å²) in [6.45, 7) is 13.8. The molecule has 0 aliphatic carbocycles. The summed E-state index contributed by atoms with van der Waals surface area (Å²) in [5, 5.41) is 85.1. The maximum atomic E-state index is 11.9. The average Bonchev–Trinajstić information content (AvgIpc) is 3.30. The predicted octanol–water partition coefficient (Wildman–Crippen LogP) is 12.8. The van der Waals surface area contributed by atoms with Crippen LogP contribution in [0, 0.1) is 23.7 Å². The van der Waals surface area contributed by atoms with Crippen molar-refractivity contribution < 1.29 is 84.3 Å². The Bertz CT molecular complexity index is 3110. The number of hydrogen-bond acceptors (Lipinski definition) is 8. The van der Waals surface area contributed by atoms with Gasteiger partial charge in [0, 0.05) is 101 Å². The molecule has 0 radical (unpaired) electrons. The van der Waals surface area contributed by atoms with Gasteiger partial charge >= 0.3 is 0 Å². The number of aliphatic hydroxyl groups is 4. The van der Waals surface area contributed by atoms with Crippen molar-refractivity contribution in [2.24, 2.45) is 0 Å². The molecule has 8 nitrogen and oxygen atoms in total. The van der Waals surface area contributed by atoms with E-state index >= 15 is 0 Å². The molecule has 72 heavy (non-hydrogen) atoms. The molecule has 0 aliphatic rings. The topological polar surface area (TPSA) is 162 Å². The van der Waals surface area contributed by atoms with Crippen molar-refractivity contribution in [3.05, 3.63) is 180 Å². The van der Waals surface area contributed by atoms with Crippen LogP contribution in [0.15, 0.2) is 158 Å². The maximum Gasteiger partial charge on any atom is 0.139 e. The van der Waals surface area contributed by atoms with Crippen molar-refractivity contribution >= 4 is 43.1 Å². The Morgan fingerprint density at radius 1 is 0.292 bits per heavy atom. The van der Waals surface area contributed by atoms with E-state index < -0.39 is 0 Å². The molecule has 0 heterocycles. The van der Waals surface area contributed by atoms with Crippen LogP contribution in [0.1, 0.15) is 77.6 Å². The molecular weight excluding hydrogens is 968 g/mol. The predicted molar refractivity (Wildman–Crippen MR) is 288 cm³/mol. The van der Waals surface area contributed by atoms with E-state index in [2.05, 4.69) is 23.7 Å². The summed E-state index contributed by atoms with van der Waals surface area (Å²) < 4.78 is 0. The monoisotopic (exact) mass is 1030 g/mol. The quantitative estimate of drug-likeness (QED) is 0.0627. The zero-order valence-electron chi connectivity index (χ0n) is 41.9. The zero-order chi connectivity index (χ0) is 51.1. The van der Waals surface area contributed by atoms with Gasteiger partial charge in [-0.25, -0.2) is 0 Å². The molecule has 8 N–H and O–H groups in total. The van der Waals surface area contributed by atoms with Gasteiger partial charge in [0.25, 0.3) is 0 Å². The van der Waals surface area contributed by atoms with Crippen LogP contribution in [0.2, 0.25) is 0 Å². The van der Waals surface area contributed by atoms with Crippen LogP contribution in [0.3, 0.4) is 0 Å². The minimum atomic E-state index is -0.167. The molecule has 0 saturated heterocycles. The number of fused-ring (bicyclic) bond motifs is 4. The summed E-state index contributed by atoms with van der Waals surface area (Å²) in [5.41, 5.74) is 4.21. The third-order valence-electron chi connectivity index (χ3n) is 9.95. The molecular formula is C62H62O8Ti2. The van der Waals surface area contributed by atoms with E-state index in [4.69, 9.17) is 20.4 Å². The minimum absolute atomic E-state index is 0. The Morgan fingerprint density at radius 3 is 0.833 bits per heavy atom. The standard InChI is InChI=1S/C50H30O4.4C3H8O.2Ti/c51-43-27-25-33-13-3-7-17-39(33)45(43)47-41-19-9-5-15-35(41)29-37(49(47)53)23-21-31-11-1-2-12-32(31)22-24-38-30-36-16-6-10-20-42(36)48(50(38)54)46-40-18-8-4-14-34(40)26-28-44(46)52;4*1-3(2)4;;/h1-20,25-30,51-54H;4*3-4H,1-2H3;;. The van der Waals surface area contributed by atoms with E-state index in [0.717, 1.165) is 43.1 Å². The Balaban J connectivity index is 0.000000670. The second kappa shape index (κ2) is 28.6. The van der Waals surface area contributed by atoms with Crippen molar-refractivity contribution in [3.8, 4) is 68.9 Å². The first kappa shape index (κ1) is 59.9. The number of benzene rings is 9. The van der Waals surface area contributed by atoms with E-state index in [1.54, 1.807) is 67.5 Å². The van der Waals surface area contributed by atoms with Crippen molar-refractivity contribution in [1.29, 1.82) is 0 Å². The first-order chi connectivity index (χ1) is 33.4. The number of aliphatic hydroxyl groups excluding tert-OH is 4. The second-order valence-electron chi connectivity index (χ2n) is 17.5. The molecule has 0 atom stereocenters. The van der Waals surface area contributed by atoms with Crippen LogP contribution < -0.4 is 0 Å². The van der Waals surface area contributed by atoms with Gasteiger partial charge < -0.3 is 40.9 Å². The molecule has 366 valence electrons. The molecule has 9 aromatic rings. The van der Waals surface area contributed by atoms with Gasteiger partial charge in [-0.1, -0.05) is 145 Å². The van der Waals surface area contributed by atoms with E-state index in [-0.39, 0.29) is 90.8 Å².